The molecule has 3 rings (SSSR count). The van der Waals surface area contributed by atoms with Crippen molar-refractivity contribution in [3.8, 4) is 9.88 Å². The summed E-state index contributed by atoms with van der Waals surface area (Å²) in [4.78, 5) is 20.0. The number of thiazole rings is 1. The Hall–Kier alpha value is -0.810. The van der Waals surface area contributed by atoms with Crippen molar-refractivity contribution in [3.05, 3.63) is 27.0 Å². The largest absolute Gasteiger partial charge is 0.342 e. The van der Waals surface area contributed by atoms with E-state index in [2.05, 4.69) is 25.6 Å². The molecule has 3 heterocycles. The second-order valence-electron chi connectivity index (χ2n) is 6.54. The fourth-order valence-electron chi connectivity index (χ4n) is 3.02. The zero-order valence-corrected chi connectivity index (χ0v) is 19.0. The molecule has 1 N–H and O–H groups in total. The molecule has 0 bridgehead atoms. The lowest BCUT2D eigenvalue weighted by Crippen LogP contribution is -2.47. The van der Waals surface area contributed by atoms with Gasteiger partial charge in [-0.25, -0.2) is 18.1 Å². The Morgan fingerprint density at radius 1 is 1.33 bits per heavy atom. The summed E-state index contributed by atoms with van der Waals surface area (Å²) in [6, 6.07) is 1.95. The van der Waals surface area contributed by atoms with Crippen LogP contribution in [0.25, 0.3) is 9.88 Å². The third kappa shape index (κ3) is 5.83. The summed E-state index contributed by atoms with van der Waals surface area (Å²) in [5, 5.41) is 4.88. The van der Waals surface area contributed by atoms with Crippen LogP contribution in [0.15, 0.2) is 21.3 Å². The Morgan fingerprint density at radius 3 is 2.70 bits per heavy atom. The smallest absolute Gasteiger partial charge is 0.228 e. The lowest BCUT2D eigenvalue weighted by Gasteiger charge is -2.32. The quantitative estimate of drug-likeness (QED) is 0.642. The van der Waals surface area contributed by atoms with Gasteiger partial charge in [0.25, 0.3) is 0 Å². The van der Waals surface area contributed by atoms with E-state index in [-0.39, 0.29) is 24.1 Å². The normalized spacial score (nSPS) is 16.0. The fourth-order valence-corrected chi connectivity index (χ4v) is 6.75. The van der Waals surface area contributed by atoms with Gasteiger partial charge in [0.05, 0.1) is 22.7 Å². The van der Waals surface area contributed by atoms with Crippen LogP contribution >= 0.6 is 38.6 Å². The lowest BCUT2D eigenvalue weighted by atomic mass is 10.1. The zero-order chi connectivity index (χ0) is 19.4. The van der Waals surface area contributed by atoms with Gasteiger partial charge in [-0.2, -0.15) is 0 Å². The van der Waals surface area contributed by atoms with Crippen molar-refractivity contribution in [2.24, 2.45) is 0 Å². The van der Waals surface area contributed by atoms with E-state index in [9.17, 15) is 13.2 Å². The molecule has 0 saturated carbocycles. The third-order valence-electron chi connectivity index (χ3n) is 4.33. The highest BCUT2D eigenvalue weighted by atomic mass is 79.9. The fraction of sp³-hybridized carbons (Fsp3) is 0.529. The first kappa shape index (κ1) is 20.9. The van der Waals surface area contributed by atoms with E-state index in [0.29, 0.717) is 32.4 Å². The van der Waals surface area contributed by atoms with Gasteiger partial charge in [-0.05, 0) is 41.3 Å². The average molecular weight is 492 g/mol. The van der Waals surface area contributed by atoms with Crippen LogP contribution in [0, 0.1) is 0 Å². The minimum atomic E-state index is -3.20. The summed E-state index contributed by atoms with van der Waals surface area (Å²) < 4.78 is 27.5. The maximum Gasteiger partial charge on any atom is 0.228 e. The number of halogens is 1. The van der Waals surface area contributed by atoms with Crippen LogP contribution in [0.2, 0.25) is 0 Å². The molecule has 0 aliphatic carbocycles. The molecule has 1 fully saturated rings. The summed E-state index contributed by atoms with van der Waals surface area (Å²) >= 11 is 6.61. The Labute approximate surface area is 176 Å². The average Bonchev–Trinajstić information content (AvgIpc) is 3.24. The van der Waals surface area contributed by atoms with Gasteiger partial charge < -0.3 is 4.90 Å². The predicted molar refractivity (Wildman–Crippen MR) is 114 cm³/mol. The molecule has 10 heteroatoms. The second-order valence-corrected chi connectivity index (χ2v) is 11.1. The van der Waals surface area contributed by atoms with Gasteiger partial charge in [-0.3, -0.25) is 4.79 Å². The molecule has 148 valence electrons. The number of carbonyl (C=O) groups is 1. The van der Waals surface area contributed by atoms with E-state index in [4.69, 9.17) is 0 Å². The molecule has 1 amide bonds. The minimum absolute atomic E-state index is 0.0501. The number of carbonyl (C=O) groups excluding carboxylic acids is 1. The standard InChI is InChI=1S/C17H22BrN3O3S3/c1-2-7-27(23,24)20-13-3-5-21(6-4-13)16(22)9-14-11-26-17(19-14)15-8-12(18)10-25-15/h8,10-11,13,20H,2-7,9H2,1H3. The first-order valence-corrected chi connectivity index (χ1v) is 13.0. The van der Waals surface area contributed by atoms with Crippen molar-refractivity contribution in [2.75, 3.05) is 18.8 Å². The number of nitrogens with zero attached hydrogens (tertiary/aromatic N) is 2. The predicted octanol–water partition coefficient (Wildman–Crippen LogP) is 3.50. The summed E-state index contributed by atoms with van der Waals surface area (Å²) in [7, 11) is -3.20. The van der Waals surface area contributed by atoms with Crippen molar-refractivity contribution in [2.45, 2.75) is 38.6 Å². The molecule has 1 aliphatic heterocycles. The highest BCUT2D eigenvalue weighted by Gasteiger charge is 2.26. The van der Waals surface area contributed by atoms with Crippen molar-refractivity contribution in [1.82, 2.24) is 14.6 Å². The van der Waals surface area contributed by atoms with Gasteiger partial charge in [0.2, 0.25) is 15.9 Å². The molecule has 0 unspecified atom stereocenters. The molecule has 2 aromatic rings. The number of piperidine rings is 1. The van der Waals surface area contributed by atoms with Crippen molar-refractivity contribution in [1.29, 1.82) is 0 Å². The van der Waals surface area contributed by atoms with Crippen LogP contribution in [0.1, 0.15) is 31.9 Å². The molecule has 2 aromatic heterocycles. The first-order chi connectivity index (χ1) is 12.9. The van der Waals surface area contributed by atoms with Crippen LogP contribution in [-0.2, 0) is 21.2 Å². The Morgan fingerprint density at radius 2 is 2.07 bits per heavy atom. The van der Waals surface area contributed by atoms with Gasteiger partial charge >= 0.3 is 0 Å². The SMILES string of the molecule is CCCS(=O)(=O)NC1CCN(C(=O)Cc2csc(-c3cc(Br)cs3)n2)CC1. The highest BCUT2D eigenvalue weighted by Crippen LogP contribution is 2.32. The third-order valence-corrected chi connectivity index (χ3v) is 8.72. The highest BCUT2D eigenvalue weighted by molar-refractivity contribution is 9.10. The molecular weight excluding hydrogens is 470 g/mol. The number of rotatable bonds is 7. The van der Waals surface area contributed by atoms with E-state index in [1.54, 1.807) is 22.7 Å². The number of likely N-dealkylation sites (tertiary alicyclic amines) is 1. The Balaban J connectivity index is 1.51. The minimum Gasteiger partial charge on any atom is -0.342 e. The van der Waals surface area contributed by atoms with Gasteiger partial charge in [-0.15, -0.1) is 22.7 Å². The number of thiophene rings is 1. The van der Waals surface area contributed by atoms with Crippen molar-refractivity contribution >= 4 is 54.5 Å². The molecule has 0 aromatic carbocycles. The topological polar surface area (TPSA) is 79.4 Å². The zero-order valence-electron chi connectivity index (χ0n) is 15.0. The molecule has 6 nitrogen and oxygen atoms in total. The van der Waals surface area contributed by atoms with Crippen molar-refractivity contribution < 1.29 is 13.2 Å². The monoisotopic (exact) mass is 491 g/mol. The van der Waals surface area contributed by atoms with Gasteiger partial charge in [0.15, 0.2) is 0 Å². The van der Waals surface area contributed by atoms with Gasteiger partial charge in [-0.1, -0.05) is 6.92 Å². The van der Waals surface area contributed by atoms with E-state index >= 15 is 0 Å². The summed E-state index contributed by atoms with van der Waals surface area (Å²) in [5.74, 6) is 0.202. The number of hydrogen-bond acceptors (Lipinski definition) is 6. The van der Waals surface area contributed by atoms with Crippen LogP contribution in [0.4, 0.5) is 0 Å². The molecule has 0 spiro atoms. The summed E-state index contributed by atoms with van der Waals surface area (Å²) in [5.41, 5.74) is 0.787. The van der Waals surface area contributed by atoms with Gasteiger partial charge in [0.1, 0.15) is 5.01 Å². The van der Waals surface area contributed by atoms with Gasteiger partial charge in [0, 0.05) is 34.4 Å². The van der Waals surface area contributed by atoms with Crippen LogP contribution in [0.3, 0.4) is 0 Å². The molecule has 27 heavy (non-hydrogen) atoms. The number of sulfonamides is 1. The summed E-state index contributed by atoms with van der Waals surface area (Å²) in [6.07, 6.45) is 2.19. The molecule has 1 saturated heterocycles. The van der Waals surface area contributed by atoms with E-state index in [1.807, 2.05) is 28.7 Å². The van der Waals surface area contributed by atoms with Crippen molar-refractivity contribution in [3.63, 3.8) is 0 Å². The van der Waals surface area contributed by atoms with Crippen LogP contribution in [0.5, 0.6) is 0 Å². The maximum absolute atomic E-state index is 12.6. The number of amides is 1. The van der Waals surface area contributed by atoms with E-state index in [0.717, 1.165) is 20.1 Å². The lowest BCUT2D eigenvalue weighted by molar-refractivity contribution is -0.131. The number of nitrogens with one attached hydrogen (secondary N) is 1. The first-order valence-electron chi connectivity index (χ1n) is 8.83. The molecule has 1 aliphatic rings. The van der Waals surface area contributed by atoms with E-state index in [1.165, 1.54) is 0 Å². The summed E-state index contributed by atoms with van der Waals surface area (Å²) in [6.45, 7) is 3.00. The molecule has 0 atom stereocenters. The number of hydrogen-bond donors (Lipinski definition) is 1. The van der Waals surface area contributed by atoms with Crippen LogP contribution in [-0.4, -0.2) is 49.1 Å². The maximum atomic E-state index is 12.6. The number of aromatic nitrogens is 1. The Kier molecular flexibility index (Phi) is 7.07. The van der Waals surface area contributed by atoms with E-state index < -0.39 is 10.0 Å². The van der Waals surface area contributed by atoms with Crippen LogP contribution < -0.4 is 4.72 Å². The molecule has 0 radical (unpaired) electrons. The Bertz CT molecular complexity index is 886. The molecular formula is C17H22BrN3O3S3. The second kappa shape index (κ2) is 9.13.